The van der Waals surface area contributed by atoms with Crippen molar-refractivity contribution in [3.8, 4) is 11.5 Å². The van der Waals surface area contributed by atoms with Crippen LogP contribution in [0.2, 0.25) is 0 Å². The largest absolute Gasteiger partial charge is 0.494 e. The second-order valence-electron chi connectivity index (χ2n) is 5.78. The average Bonchev–Trinajstić information content (AvgIpc) is 2.63. The highest BCUT2D eigenvalue weighted by Gasteiger charge is 1.98. The summed E-state index contributed by atoms with van der Waals surface area (Å²) in [4.78, 5) is 0. The zero-order chi connectivity index (χ0) is 19.5. The lowest BCUT2D eigenvalue weighted by atomic mass is 10.2. The zero-order valence-corrected chi connectivity index (χ0v) is 16.6. The van der Waals surface area contributed by atoms with E-state index in [1.807, 2.05) is 48.5 Å². The molecule has 0 aliphatic heterocycles. The van der Waals surface area contributed by atoms with E-state index in [1.54, 1.807) is 0 Å². The molecule has 0 bridgehead atoms. The van der Waals surface area contributed by atoms with Crippen molar-refractivity contribution in [2.45, 2.75) is 19.3 Å². The molecule has 0 radical (unpaired) electrons. The molecule has 0 saturated heterocycles. The van der Waals surface area contributed by atoms with Crippen molar-refractivity contribution < 1.29 is 9.47 Å². The third-order valence-electron chi connectivity index (χ3n) is 3.57. The molecule has 0 atom stereocenters. The molecule has 0 amide bonds. The van der Waals surface area contributed by atoms with Crippen LogP contribution in [0.5, 0.6) is 11.5 Å². The summed E-state index contributed by atoms with van der Waals surface area (Å²) >= 11 is 9.59. The van der Waals surface area contributed by atoms with Crippen molar-refractivity contribution >= 4 is 46.0 Å². The van der Waals surface area contributed by atoms with Gasteiger partial charge in [0.25, 0.3) is 0 Å². The average molecular weight is 405 g/mol. The monoisotopic (exact) mass is 404 g/mol. The fourth-order valence-corrected chi connectivity index (χ4v) is 2.55. The van der Waals surface area contributed by atoms with Gasteiger partial charge in [0, 0.05) is 11.4 Å². The topological polar surface area (TPSA) is 94.6 Å². The maximum absolute atomic E-state index is 5.72. The highest BCUT2D eigenvalue weighted by atomic mass is 32.1. The SMILES string of the molecule is NC(=S)Nc1ccc(OCCCCCOc2ccc(NC(N)=S)cc2)cc1. The number of rotatable bonds is 10. The van der Waals surface area contributed by atoms with Gasteiger partial charge in [-0.05, 0) is 92.2 Å². The molecule has 0 saturated carbocycles. The molecule has 2 rings (SSSR count). The molecule has 0 spiro atoms. The van der Waals surface area contributed by atoms with Gasteiger partial charge in [-0.15, -0.1) is 0 Å². The molecule has 6 N–H and O–H groups in total. The van der Waals surface area contributed by atoms with Crippen LogP contribution in [0.1, 0.15) is 19.3 Å². The third-order valence-corrected chi connectivity index (χ3v) is 3.77. The summed E-state index contributed by atoms with van der Waals surface area (Å²) in [5, 5.41) is 6.24. The lowest BCUT2D eigenvalue weighted by Gasteiger charge is -2.09. The van der Waals surface area contributed by atoms with Crippen molar-refractivity contribution in [1.29, 1.82) is 0 Å². The molecule has 0 heterocycles. The Balaban J connectivity index is 1.55. The molecule has 0 fully saturated rings. The summed E-state index contributed by atoms with van der Waals surface area (Å²) < 4.78 is 11.4. The summed E-state index contributed by atoms with van der Waals surface area (Å²) in [7, 11) is 0. The number of nitrogens with one attached hydrogen (secondary N) is 2. The van der Waals surface area contributed by atoms with Crippen molar-refractivity contribution in [2.24, 2.45) is 11.5 Å². The maximum atomic E-state index is 5.72. The van der Waals surface area contributed by atoms with Crippen molar-refractivity contribution in [3.63, 3.8) is 0 Å². The van der Waals surface area contributed by atoms with Gasteiger partial charge in [-0.3, -0.25) is 0 Å². The first kappa shape index (κ1) is 20.7. The molecule has 144 valence electrons. The van der Waals surface area contributed by atoms with E-state index in [9.17, 15) is 0 Å². The van der Waals surface area contributed by atoms with E-state index in [0.717, 1.165) is 42.1 Å². The summed E-state index contributed by atoms with van der Waals surface area (Å²) in [6, 6.07) is 15.1. The molecule has 0 unspecified atom stereocenters. The lowest BCUT2D eigenvalue weighted by molar-refractivity contribution is 0.279. The Kier molecular flexibility index (Phi) is 8.60. The number of hydrogen-bond donors (Lipinski definition) is 4. The molecule has 6 nitrogen and oxygen atoms in total. The number of thiocarbonyl (C=S) groups is 2. The highest BCUT2D eigenvalue weighted by Crippen LogP contribution is 2.17. The maximum Gasteiger partial charge on any atom is 0.168 e. The predicted octanol–water partition coefficient (Wildman–Crippen LogP) is 3.63. The summed E-state index contributed by atoms with van der Waals surface area (Å²) in [5.74, 6) is 1.65. The van der Waals surface area contributed by atoms with Gasteiger partial charge in [0.2, 0.25) is 0 Å². The van der Waals surface area contributed by atoms with E-state index in [1.165, 1.54) is 0 Å². The number of hydrogen-bond acceptors (Lipinski definition) is 4. The van der Waals surface area contributed by atoms with Gasteiger partial charge in [-0.25, -0.2) is 0 Å². The highest BCUT2D eigenvalue weighted by molar-refractivity contribution is 7.80. The Hall–Kier alpha value is -2.58. The Morgan fingerprint density at radius 1 is 0.667 bits per heavy atom. The van der Waals surface area contributed by atoms with Crippen LogP contribution in [0.4, 0.5) is 11.4 Å². The van der Waals surface area contributed by atoms with E-state index in [-0.39, 0.29) is 10.2 Å². The quantitative estimate of drug-likeness (QED) is 0.352. The van der Waals surface area contributed by atoms with Crippen LogP contribution in [-0.2, 0) is 0 Å². The number of benzene rings is 2. The molecule has 0 aromatic heterocycles. The van der Waals surface area contributed by atoms with Gasteiger partial charge in [0.05, 0.1) is 13.2 Å². The third kappa shape index (κ3) is 8.57. The van der Waals surface area contributed by atoms with Gasteiger partial charge in [0.1, 0.15) is 11.5 Å². The van der Waals surface area contributed by atoms with Crippen LogP contribution in [0, 0.1) is 0 Å². The molecule has 2 aromatic carbocycles. The first-order valence-corrected chi connectivity index (χ1v) is 9.43. The number of ether oxygens (including phenoxy) is 2. The van der Waals surface area contributed by atoms with Crippen LogP contribution in [-0.4, -0.2) is 23.4 Å². The minimum absolute atomic E-state index is 0.248. The summed E-state index contributed by atoms with van der Waals surface area (Å²) in [5.41, 5.74) is 12.6. The molecule has 2 aromatic rings. The molecule has 0 aliphatic carbocycles. The Labute approximate surface area is 170 Å². The van der Waals surface area contributed by atoms with Crippen LogP contribution in [0.3, 0.4) is 0 Å². The van der Waals surface area contributed by atoms with E-state index < -0.39 is 0 Å². The standard InChI is InChI=1S/C19H24N4O2S2/c20-18(26)22-14-4-8-16(9-5-14)24-12-2-1-3-13-25-17-10-6-15(7-11-17)23-19(21)27/h4-11H,1-3,12-13H2,(H3,20,22,26)(H3,21,23,27). The van der Waals surface area contributed by atoms with E-state index in [2.05, 4.69) is 10.6 Å². The van der Waals surface area contributed by atoms with Crippen LogP contribution in [0.15, 0.2) is 48.5 Å². The minimum atomic E-state index is 0.248. The number of unbranched alkanes of at least 4 members (excludes halogenated alkanes) is 2. The predicted molar refractivity (Wildman–Crippen MR) is 119 cm³/mol. The first-order chi connectivity index (χ1) is 13.0. The number of anilines is 2. The van der Waals surface area contributed by atoms with Crippen molar-refractivity contribution in [2.75, 3.05) is 23.8 Å². The molecule has 0 aliphatic rings. The first-order valence-electron chi connectivity index (χ1n) is 8.61. The minimum Gasteiger partial charge on any atom is -0.494 e. The fraction of sp³-hybridized carbons (Fsp3) is 0.263. The molecular weight excluding hydrogens is 380 g/mol. The van der Waals surface area contributed by atoms with E-state index in [0.29, 0.717) is 13.2 Å². The van der Waals surface area contributed by atoms with Gasteiger partial charge in [-0.2, -0.15) is 0 Å². The number of nitrogens with two attached hydrogens (primary N) is 2. The van der Waals surface area contributed by atoms with Crippen LogP contribution in [0.25, 0.3) is 0 Å². The second kappa shape index (κ2) is 11.2. The van der Waals surface area contributed by atoms with Gasteiger partial charge in [-0.1, -0.05) is 0 Å². The van der Waals surface area contributed by atoms with Gasteiger partial charge in [0.15, 0.2) is 10.2 Å². The molecule has 8 heteroatoms. The fourth-order valence-electron chi connectivity index (χ4n) is 2.31. The van der Waals surface area contributed by atoms with E-state index >= 15 is 0 Å². The van der Waals surface area contributed by atoms with Crippen molar-refractivity contribution in [3.05, 3.63) is 48.5 Å². The normalized spacial score (nSPS) is 10.1. The van der Waals surface area contributed by atoms with Gasteiger partial charge < -0.3 is 31.6 Å². The van der Waals surface area contributed by atoms with Crippen LogP contribution < -0.4 is 31.6 Å². The summed E-state index contributed by atoms with van der Waals surface area (Å²) in [6.45, 7) is 1.34. The Morgan fingerprint density at radius 2 is 1.04 bits per heavy atom. The molecular formula is C19H24N4O2S2. The lowest BCUT2D eigenvalue weighted by Crippen LogP contribution is -2.18. The van der Waals surface area contributed by atoms with E-state index in [4.69, 9.17) is 45.4 Å². The van der Waals surface area contributed by atoms with Crippen molar-refractivity contribution in [1.82, 2.24) is 0 Å². The molecule has 27 heavy (non-hydrogen) atoms. The Bertz CT molecular complexity index is 673. The summed E-state index contributed by atoms with van der Waals surface area (Å²) in [6.07, 6.45) is 2.96. The van der Waals surface area contributed by atoms with Crippen LogP contribution >= 0.6 is 24.4 Å². The second-order valence-corrected chi connectivity index (χ2v) is 6.66. The smallest absolute Gasteiger partial charge is 0.168 e. The Morgan fingerprint density at radius 3 is 1.37 bits per heavy atom. The zero-order valence-electron chi connectivity index (χ0n) is 14.9. The van der Waals surface area contributed by atoms with Gasteiger partial charge >= 0.3 is 0 Å².